The first kappa shape index (κ1) is 27.5. The van der Waals surface area contributed by atoms with E-state index in [2.05, 4.69) is 10.6 Å². The van der Waals surface area contributed by atoms with E-state index in [9.17, 15) is 39.3 Å². The molecule has 0 radical (unpaired) electrons. The maximum Gasteiger partial charge on any atom is 0.326 e. The number of nitrogens with two attached hydrogens (primary N) is 2. The van der Waals surface area contributed by atoms with Crippen molar-refractivity contribution < 1.29 is 39.3 Å². The smallest absolute Gasteiger partial charge is 0.326 e. The first-order chi connectivity index (χ1) is 16.5. The first-order valence-electron chi connectivity index (χ1n) is 11.1. The molecule has 4 unspecified atom stereocenters. The second kappa shape index (κ2) is 12.7. The lowest BCUT2D eigenvalue weighted by atomic mass is 10.0. The van der Waals surface area contributed by atoms with Crippen molar-refractivity contribution in [2.75, 3.05) is 13.2 Å². The molecule has 0 bridgehead atoms. The number of carbonyl (C=O) groups excluding carboxylic acids is 4. The molecule has 0 spiro atoms. The van der Waals surface area contributed by atoms with E-state index in [1.54, 1.807) is 12.1 Å². The van der Waals surface area contributed by atoms with Gasteiger partial charge >= 0.3 is 5.97 Å². The molecule has 2 rings (SSSR count). The number of aromatic hydroxyl groups is 1. The number of hydrogen-bond donors (Lipinski definition) is 7. The normalized spacial score (nSPS) is 17.8. The van der Waals surface area contributed by atoms with Crippen LogP contribution in [0.1, 0.15) is 31.2 Å². The van der Waals surface area contributed by atoms with Crippen molar-refractivity contribution in [3.63, 3.8) is 0 Å². The van der Waals surface area contributed by atoms with E-state index in [0.29, 0.717) is 12.0 Å². The van der Waals surface area contributed by atoms with Crippen LogP contribution >= 0.6 is 0 Å². The molecule has 4 atom stereocenters. The van der Waals surface area contributed by atoms with Gasteiger partial charge in [0.05, 0.1) is 12.6 Å². The Kier molecular flexibility index (Phi) is 9.97. The highest BCUT2D eigenvalue weighted by Crippen LogP contribution is 2.18. The van der Waals surface area contributed by atoms with Gasteiger partial charge in [-0.1, -0.05) is 12.1 Å². The number of rotatable bonds is 12. The minimum absolute atomic E-state index is 0.0477. The maximum absolute atomic E-state index is 12.9. The number of carbonyl (C=O) groups is 5. The van der Waals surface area contributed by atoms with E-state index in [0.717, 1.165) is 4.90 Å². The average molecular weight is 494 g/mol. The summed E-state index contributed by atoms with van der Waals surface area (Å²) < 4.78 is 0. The summed E-state index contributed by atoms with van der Waals surface area (Å²) in [5.74, 6) is -4.20. The van der Waals surface area contributed by atoms with Crippen LogP contribution in [0.2, 0.25) is 0 Å². The molecule has 0 aliphatic carbocycles. The van der Waals surface area contributed by atoms with Gasteiger partial charge in [0.25, 0.3) is 0 Å². The fraction of sp³-hybridized carbons (Fsp3) is 0.500. The fourth-order valence-electron chi connectivity index (χ4n) is 3.76. The molecule has 192 valence electrons. The van der Waals surface area contributed by atoms with Gasteiger partial charge < -0.3 is 42.3 Å². The number of benzene rings is 1. The first-order valence-corrected chi connectivity index (χ1v) is 11.1. The number of phenols is 1. The Balaban J connectivity index is 2.07. The lowest BCUT2D eigenvalue weighted by molar-refractivity contribution is -0.150. The molecule has 1 heterocycles. The van der Waals surface area contributed by atoms with Crippen molar-refractivity contribution in [3.05, 3.63) is 29.8 Å². The number of aliphatic hydroxyl groups is 1. The quantitative estimate of drug-likeness (QED) is 0.164. The van der Waals surface area contributed by atoms with Crippen molar-refractivity contribution >= 4 is 29.6 Å². The number of primary amides is 1. The zero-order valence-corrected chi connectivity index (χ0v) is 19.1. The van der Waals surface area contributed by atoms with Gasteiger partial charge in [0.1, 0.15) is 23.9 Å². The van der Waals surface area contributed by atoms with Gasteiger partial charge in [-0.25, -0.2) is 4.79 Å². The zero-order chi connectivity index (χ0) is 26.1. The van der Waals surface area contributed by atoms with Crippen molar-refractivity contribution in [2.24, 2.45) is 11.5 Å². The highest BCUT2D eigenvalue weighted by molar-refractivity contribution is 5.94. The standard InChI is InChI=1S/C22H31N5O8/c23-14(10-12-3-5-13(29)6-4-12)19(31)25-15(7-8-18(24)30)20(32)26-16(11-28)21(33)27-9-1-2-17(27)22(34)35/h3-6,14-17,28-29H,1-2,7-11,23H2,(H2,24,30)(H,25,31)(H,26,32)(H,34,35). The molecule has 13 nitrogen and oxygen atoms in total. The number of likely N-dealkylation sites (tertiary alicyclic amines) is 1. The molecular formula is C22H31N5O8. The topological polar surface area (TPSA) is 225 Å². The highest BCUT2D eigenvalue weighted by Gasteiger charge is 2.38. The summed E-state index contributed by atoms with van der Waals surface area (Å²) in [5.41, 5.74) is 11.8. The van der Waals surface area contributed by atoms with E-state index in [1.165, 1.54) is 12.1 Å². The molecule has 13 heteroatoms. The van der Waals surface area contributed by atoms with E-state index < -0.39 is 60.4 Å². The van der Waals surface area contributed by atoms with E-state index >= 15 is 0 Å². The van der Waals surface area contributed by atoms with Crippen LogP contribution in [-0.2, 0) is 30.4 Å². The number of hydrogen-bond acceptors (Lipinski definition) is 8. The SMILES string of the molecule is NC(=O)CCC(NC(=O)C(N)Cc1ccc(O)cc1)C(=O)NC(CO)C(=O)N1CCCC1C(=O)O. The van der Waals surface area contributed by atoms with E-state index in [1.807, 2.05) is 0 Å². The summed E-state index contributed by atoms with van der Waals surface area (Å²) in [6, 6.07) is 1.17. The molecule has 1 fully saturated rings. The molecule has 1 aromatic rings. The number of carboxylic acid groups (broad SMARTS) is 1. The molecule has 4 amide bonds. The summed E-state index contributed by atoms with van der Waals surface area (Å²) in [4.78, 5) is 62.0. The number of carboxylic acids is 1. The number of amides is 4. The Morgan fingerprint density at radius 1 is 1.06 bits per heavy atom. The second-order valence-electron chi connectivity index (χ2n) is 8.31. The molecule has 0 aromatic heterocycles. The monoisotopic (exact) mass is 493 g/mol. The molecule has 0 saturated carbocycles. The minimum atomic E-state index is -1.44. The Bertz CT molecular complexity index is 938. The number of nitrogens with one attached hydrogen (secondary N) is 2. The van der Waals surface area contributed by atoms with Gasteiger partial charge in [0, 0.05) is 13.0 Å². The fourth-order valence-corrected chi connectivity index (χ4v) is 3.76. The summed E-state index contributed by atoms with van der Waals surface area (Å²) in [6.45, 7) is -0.639. The van der Waals surface area contributed by atoms with Gasteiger partial charge in [-0.3, -0.25) is 19.2 Å². The molecule has 1 aliphatic heterocycles. The molecular weight excluding hydrogens is 462 g/mol. The predicted molar refractivity (Wildman–Crippen MR) is 122 cm³/mol. The molecule has 1 saturated heterocycles. The van der Waals surface area contributed by atoms with Crippen molar-refractivity contribution in [1.29, 1.82) is 0 Å². The highest BCUT2D eigenvalue weighted by atomic mass is 16.4. The predicted octanol–water partition coefficient (Wildman–Crippen LogP) is -2.43. The van der Waals surface area contributed by atoms with Crippen LogP contribution in [0.5, 0.6) is 5.75 Å². The summed E-state index contributed by atoms with van der Waals surface area (Å²) in [7, 11) is 0. The number of aliphatic hydroxyl groups excluding tert-OH is 1. The number of phenolic OH excluding ortho intramolecular Hbond substituents is 1. The summed E-state index contributed by atoms with van der Waals surface area (Å²) in [5, 5.41) is 33.1. The van der Waals surface area contributed by atoms with Gasteiger partial charge in [-0.05, 0) is 43.4 Å². The zero-order valence-electron chi connectivity index (χ0n) is 19.1. The van der Waals surface area contributed by atoms with Crippen LogP contribution in [0.15, 0.2) is 24.3 Å². The van der Waals surface area contributed by atoms with Crippen molar-refractivity contribution in [2.45, 2.75) is 56.3 Å². The summed E-state index contributed by atoms with van der Waals surface area (Å²) >= 11 is 0. The molecule has 35 heavy (non-hydrogen) atoms. The third kappa shape index (κ3) is 7.93. The largest absolute Gasteiger partial charge is 0.508 e. The van der Waals surface area contributed by atoms with Gasteiger partial charge in [0.2, 0.25) is 23.6 Å². The number of nitrogens with zero attached hydrogens (tertiary/aromatic N) is 1. The van der Waals surface area contributed by atoms with Crippen LogP contribution in [0.4, 0.5) is 0 Å². The lowest BCUT2D eigenvalue weighted by Crippen LogP contribution is -2.58. The number of aliphatic carboxylic acids is 1. The Labute approximate surface area is 201 Å². The molecule has 9 N–H and O–H groups in total. The Hall–Kier alpha value is -3.71. The van der Waals surface area contributed by atoms with Gasteiger partial charge in [-0.2, -0.15) is 0 Å². The van der Waals surface area contributed by atoms with Crippen LogP contribution in [0.25, 0.3) is 0 Å². The van der Waals surface area contributed by atoms with Crippen LogP contribution in [0.3, 0.4) is 0 Å². The van der Waals surface area contributed by atoms with E-state index in [-0.39, 0.29) is 38.0 Å². The second-order valence-corrected chi connectivity index (χ2v) is 8.31. The Morgan fingerprint density at radius 2 is 1.69 bits per heavy atom. The van der Waals surface area contributed by atoms with Crippen LogP contribution in [-0.4, -0.2) is 87.1 Å². The molecule has 1 aromatic carbocycles. The van der Waals surface area contributed by atoms with Crippen LogP contribution in [0, 0.1) is 0 Å². The lowest BCUT2D eigenvalue weighted by Gasteiger charge is -2.28. The van der Waals surface area contributed by atoms with E-state index in [4.69, 9.17) is 11.5 Å². The van der Waals surface area contributed by atoms with Crippen molar-refractivity contribution in [1.82, 2.24) is 15.5 Å². The van der Waals surface area contributed by atoms with Crippen LogP contribution < -0.4 is 22.1 Å². The third-order valence-electron chi connectivity index (χ3n) is 5.66. The van der Waals surface area contributed by atoms with Crippen molar-refractivity contribution in [3.8, 4) is 5.75 Å². The molecule has 1 aliphatic rings. The summed E-state index contributed by atoms with van der Waals surface area (Å²) in [6.07, 6.45) is 0.372. The van der Waals surface area contributed by atoms with Gasteiger partial charge in [-0.15, -0.1) is 0 Å². The minimum Gasteiger partial charge on any atom is -0.508 e. The Morgan fingerprint density at radius 3 is 2.26 bits per heavy atom. The average Bonchev–Trinajstić information content (AvgIpc) is 3.31. The maximum atomic E-state index is 12.9. The third-order valence-corrected chi connectivity index (χ3v) is 5.66. The van der Waals surface area contributed by atoms with Gasteiger partial charge in [0.15, 0.2) is 0 Å².